The van der Waals surface area contributed by atoms with Gasteiger partial charge in [-0.3, -0.25) is 4.79 Å². The zero-order valence-electron chi connectivity index (χ0n) is 7.18. The molecular formula is C8H13N3O. The van der Waals surface area contributed by atoms with Crippen LogP contribution >= 0.6 is 0 Å². The maximum Gasteiger partial charge on any atom is 0.234 e. The van der Waals surface area contributed by atoms with Gasteiger partial charge in [0, 0.05) is 5.54 Å². The molecule has 1 amide bonds. The highest BCUT2D eigenvalue weighted by atomic mass is 16.1. The maximum absolute atomic E-state index is 11.0. The smallest absolute Gasteiger partial charge is 0.234 e. The predicted octanol–water partition coefficient (Wildman–Crippen LogP) is -0.232. The van der Waals surface area contributed by atoms with E-state index in [1.807, 2.05) is 6.07 Å². The number of carbonyl (C=O) groups excluding carboxylic acids is 1. The Morgan fingerprint density at radius 2 is 2.33 bits per heavy atom. The molecule has 1 aliphatic rings. The van der Waals surface area contributed by atoms with E-state index >= 15 is 0 Å². The van der Waals surface area contributed by atoms with E-state index in [4.69, 9.17) is 5.26 Å². The summed E-state index contributed by atoms with van der Waals surface area (Å²) in [4.78, 5) is 11.0. The van der Waals surface area contributed by atoms with Crippen LogP contribution in [0.25, 0.3) is 0 Å². The van der Waals surface area contributed by atoms with Crippen LogP contribution < -0.4 is 10.6 Å². The standard InChI is InChI=1S/C8H13N3O/c1-8(2-3-8)11-6-7(12)10-5-4-9/h11H,2-3,5-6H2,1H3,(H,10,12). The second kappa shape index (κ2) is 3.55. The van der Waals surface area contributed by atoms with E-state index < -0.39 is 0 Å². The lowest BCUT2D eigenvalue weighted by molar-refractivity contribution is -0.120. The van der Waals surface area contributed by atoms with Crippen molar-refractivity contribution in [3.63, 3.8) is 0 Å². The van der Waals surface area contributed by atoms with Crippen LogP contribution in [-0.4, -0.2) is 24.5 Å². The summed E-state index contributed by atoms with van der Waals surface area (Å²) in [6, 6.07) is 1.85. The Hall–Kier alpha value is -1.08. The fraction of sp³-hybridized carbons (Fsp3) is 0.750. The Labute approximate surface area is 71.9 Å². The molecule has 4 nitrogen and oxygen atoms in total. The number of hydrogen-bond acceptors (Lipinski definition) is 3. The molecule has 0 atom stereocenters. The molecule has 0 saturated heterocycles. The minimum atomic E-state index is -0.107. The van der Waals surface area contributed by atoms with E-state index in [1.54, 1.807) is 0 Å². The highest BCUT2D eigenvalue weighted by Gasteiger charge is 2.36. The lowest BCUT2D eigenvalue weighted by atomic mass is 10.3. The lowest BCUT2D eigenvalue weighted by Gasteiger charge is -2.09. The minimum Gasteiger partial charge on any atom is -0.342 e. The first-order chi connectivity index (χ1) is 5.66. The van der Waals surface area contributed by atoms with E-state index in [0.717, 1.165) is 12.8 Å². The molecule has 0 bridgehead atoms. The molecule has 1 aliphatic carbocycles. The first-order valence-electron chi connectivity index (χ1n) is 4.05. The van der Waals surface area contributed by atoms with Crippen LogP contribution in [0.3, 0.4) is 0 Å². The Balaban J connectivity index is 2.07. The Morgan fingerprint density at radius 3 is 2.83 bits per heavy atom. The van der Waals surface area contributed by atoms with Gasteiger partial charge in [0.05, 0.1) is 12.6 Å². The van der Waals surface area contributed by atoms with Crippen molar-refractivity contribution >= 4 is 5.91 Å². The molecule has 12 heavy (non-hydrogen) atoms. The van der Waals surface area contributed by atoms with Gasteiger partial charge in [0.2, 0.25) is 5.91 Å². The molecule has 1 saturated carbocycles. The van der Waals surface area contributed by atoms with E-state index in [-0.39, 0.29) is 18.0 Å². The third kappa shape index (κ3) is 2.89. The second-order valence-electron chi connectivity index (χ2n) is 3.35. The van der Waals surface area contributed by atoms with Crippen molar-refractivity contribution in [2.45, 2.75) is 25.3 Å². The summed E-state index contributed by atoms with van der Waals surface area (Å²) in [5, 5.41) is 13.8. The minimum absolute atomic E-state index is 0.0945. The average Bonchev–Trinajstić information content (AvgIpc) is 2.77. The molecule has 0 aromatic carbocycles. The molecule has 0 spiro atoms. The van der Waals surface area contributed by atoms with Gasteiger partial charge in [0.15, 0.2) is 0 Å². The van der Waals surface area contributed by atoms with E-state index in [1.165, 1.54) is 0 Å². The number of hydrogen-bond donors (Lipinski definition) is 2. The summed E-state index contributed by atoms with van der Waals surface area (Å²) in [6.07, 6.45) is 2.27. The summed E-state index contributed by atoms with van der Waals surface area (Å²) >= 11 is 0. The Morgan fingerprint density at radius 1 is 1.67 bits per heavy atom. The summed E-state index contributed by atoms with van der Waals surface area (Å²) in [5.74, 6) is -0.107. The molecule has 0 aliphatic heterocycles. The highest BCUT2D eigenvalue weighted by molar-refractivity contribution is 5.78. The molecule has 0 radical (unpaired) electrons. The van der Waals surface area contributed by atoms with Gasteiger partial charge in [0.25, 0.3) is 0 Å². The van der Waals surface area contributed by atoms with Gasteiger partial charge in [-0.1, -0.05) is 0 Å². The van der Waals surface area contributed by atoms with Gasteiger partial charge in [-0.05, 0) is 19.8 Å². The molecule has 1 rings (SSSR count). The SMILES string of the molecule is CC1(NCC(=O)NCC#N)CC1. The topological polar surface area (TPSA) is 64.9 Å². The van der Waals surface area contributed by atoms with Crippen molar-refractivity contribution < 1.29 is 4.79 Å². The zero-order chi connectivity index (χ0) is 9.03. The number of amides is 1. The highest BCUT2D eigenvalue weighted by Crippen LogP contribution is 2.33. The van der Waals surface area contributed by atoms with Crippen molar-refractivity contribution in [3.8, 4) is 6.07 Å². The van der Waals surface area contributed by atoms with E-state index in [0.29, 0.717) is 6.54 Å². The van der Waals surface area contributed by atoms with E-state index in [9.17, 15) is 4.79 Å². The number of rotatable bonds is 4. The van der Waals surface area contributed by atoms with Crippen LogP contribution in [0.4, 0.5) is 0 Å². The third-order valence-corrected chi connectivity index (χ3v) is 2.04. The summed E-state index contributed by atoms with van der Waals surface area (Å²) in [7, 11) is 0. The third-order valence-electron chi connectivity index (χ3n) is 2.04. The van der Waals surface area contributed by atoms with Crippen LogP contribution in [0.2, 0.25) is 0 Å². The van der Waals surface area contributed by atoms with Gasteiger partial charge in [-0.2, -0.15) is 5.26 Å². The normalized spacial score (nSPS) is 18.0. The van der Waals surface area contributed by atoms with Crippen LogP contribution in [-0.2, 0) is 4.79 Å². The van der Waals surface area contributed by atoms with E-state index in [2.05, 4.69) is 17.6 Å². The first kappa shape index (κ1) is 9.01. The van der Waals surface area contributed by atoms with Crippen molar-refractivity contribution in [1.82, 2.24) is 10.6 Å². The Bertz CT molecular complexity index is 215. The van der Waals surface area contributed by atoms with Gasteiger partial charge in [0.1, 0.15) is 6.54 Å². The molecule has 2 N–H and O–H groups in total. The van der Waals surface area contributed by atoms with Crippen LogP contribution in [0, 0.1) is 11.3 Å². The van der Waals surface area contributed by atoms with Crippen LogP contribution in [0.15, 0.2) is 0 Å². The van der Waals surface area contributed by atoms with Gasteiger partial charge < -0.3 is 10.6 Å². The number of nitriles is 1. The number of carbonyl (C=O) groups is 1. The summed E-state index contributed by atoms with van der Waals surface area (Å²) < 4.78 is 0. The Kier molecular flexibility index (Phi) is 2.66. The molecule has 0 aromatic heterocycles. The number of nitrogens with one attached hydrogen (secondary N) is 2. The van der Waals surface area contributed by atoms with Gasteiger partial charge in [-0.25, -0.2) is 0 Å². The van der Waals surface area contributed by atoms with Crippen molar-refractivity contribution in [2.24, 2.45) is 0 Å². The van der Waals surface area contributed by atoms with Crippen molar-refractivity contribution in [1.29, 1.82) is 5.26 Å². The second-order valence-corrected chi connectivity index (χ2v) is 3.35. The predicted molar refractivity (Wildman–Crippen MR) is 44.3 cm³/mol. The van der Waals surface area contributed by atoms with Crippen molar-refractivity contribution in [2.75, 3.05) is 13.1 Å². The van der Waals surface area contributed by atoms with Crippen LogP contribution in [0.5, 0.6) is 0 Å². The quantitative estimate of drug-likeness (QED) is 0.568. The average molecular weight is 167 g/mol. The molecule has 4 heteroatoms. The summed E-state index contributed by atoms with van der Waals surface area (Å²) in [5.41, 5.74) is 0.185. The number of nitrogens with zero attached hydrogens (tertiary/aromatic N) is 1. The molecule has 0 heterocycles. The van der Waals surface area contributed by atoms with Crippen molar-refractivity contribution in [3.05, 3.63) is 0 Å². The monoisotopic (exact) mass is 167 g/mol. The largest absolute Gasteiger partial charge is 0.342 e. The van der Waals surface area contributed by atoms with Gasteiger partial charge in [-0.15, -0.1) is 0 Å². The molecular weight excluding hydrogens is 154 g/mol. The molecule has 1 fully saturated rings. The fourth-order valence-corrected chi connectivity index (χ4v) is 0.859. The maximum atomic E-state index is 11.0. The zero-order valence-corrected chi connectivity index (χ0v) is 7.18. The lowest BCUT2D eigenvalue weighted by Crippen LogP contribution is -2.39. The first-order valence-corrected chi connectivity index (χ1v) is 4.05. The fourth-order valence-electron chi connectivity index (χ4n) is 0.859. The van der Waals surface area contributed by atoms with Gasteiger partial charge >= 0.3 is 0 Å². The summed E-state index contributed by atoms with van der Waals surface area (Å²) in [6.45, 7) is 2.50. The molecule has 66 valence electrons. The molecule has 0 unspecified atom stereocenters. The van der Waals surface area contributed by atoms with Crippen LogP contribution in [0.1, 0.15) is 19.8 Å². The molecule has 0 aromatic rings.